The molecule has 0 bridgehead atoms. The van der Waals surface area contributed by atoms with Crippen molar-refractivity contribution >= 4 is 11.6 Å². The molecule has 4 rings (SSSR count). The normalized spacial score (nSPS) is 14.9. The number of aromatic nitrogens is 5. The molecule has 25 heavy (non-hydrogen) atoms. The van der Waals surface area contributed by atoms with E-state index in [1.54, 1.807) is 16.8 Å². The number of hydrogen-bond acceptors (Lipinski definition) is 4. The number of carbonyl (C=O) groups excluding carboxylic acids is 1. The Hall–Kier alpha value is -2.77. The highest BCUT2D eigenvalue weighted by Crippen LogP contribution is 2.39. The molecule has 1 aliphatic carbocycles. The first kappa shape index (κ1) is 15.7. The first-order chi connectivity index (χ1) is 11.8. The van der Waals surface area contributed by atoms with Crippen LogP contribution in [0.1, 0.15) is 42.9 Å². The molecule has 1 aliphatic rings. The molecule has 0 spiro atoms. The molecule has 2 N–H and O–H groups in total. The van der Waals surface area contributed by atoms with Crippen LogP contribution in [0.15, 0.2) is 18.6 Å². The summed E-state index contributed by atoms with van der Waals surface area (Å²) in [6.07, 6.45) is 4.92. The molecule has 1 saturated carbocycles. The number of imidazole rings is 2. The molecule has 1 fully saturated rings. The molecular weight excluding hydrogens is 323 g/mol. The Balaban J connectivity index is 1.74. The van der Waals surface area contributed by atoms with Gasteiger partial charge in [0, 0.05) is 11.2 Å². The van der Waals surface area contributed by atoms with Crippen molar-refractivity contribution < 1.29 is 9.18 Å². The number of aromatic amines is 1. The number of nitrogens with zero attached hydrogens (tertiary/aromatic N) is 4. The zero-order chi connectivity index (χ0) is 17.8. The highest BCUT2D eigenvalue weighted by molar-refractivity contribution is 5.98. The largest absolute Gasteiger partial charge is 0.345 e. The molecule has 8 heteroatoms. The monoisotopic (exact) mass is 342 g/mol. The van der Waals surface area contributed by atoms with Crippen LogP contribution in [0.4, 0.5) is 4.39 Å². The van der Waals surface area contributed by atoms with Gasteiger partial charge in [-0.2, -0.15) is 4.39 Å². The summed E-state index contributed by atoms with van der Waals surface area (Å²) in [6.45, 7) is 5.92. The molecule has 0 aliphatic heterocycles. The summed E-state index contributed by atoms with van der Waals surface area (Å²) in [5.74, 6) is 0.0247. The van der Waals surface area contributed by atoms with E-state index in [-0.39, 0.29) is 17.1 Å². The second-order valence-electron chi connectivity index (χ2n) is 7.10. The molecule has 130 valence electrons. The van der Waals surface area contributed by atoms with E-state index < -0.39 is 5.95 Å². The summed E-state index contributed by atoms with van der Waals surface area (Å²) in [4.78, 5) is 27.9. The minimum Gasteiger partial charge on any atom is -0.345 e. The van der Waals surface area contributed by atoms with Gasteiger partial charge >= 0.3 is 0 Å². The Labute approximate surface area is 143 Å². The Bertz CT molecular complexity index is 969. The first-order valence-corrected chi connectivity index (χ1v) is 8.23. The summed E-state index contributed by atoms with van der Waals surface area (Å²) < 4.78 is 15.0. The van der Waals surface area contributed by atoms with E-state index in [1.807, 2.05) is 20.8 Å². The van der Waals surface area contributed by atoms with Crippen molar-refractivity contribution in [2.45, 2.75) is 39.2 Å². The molecular formula is C17H19FN6O. The fourth-order valence-electron chi connectivity index (χ4n) is 3.09. The standard InChI is InChI=1S/C17H19FN6O/c1-9-6-11(14-19-7-12(18)22-14)21-15-13(20-8-24(9)15)16(25)23-17(2,3)10-4-5-10/h6-8,10H,4-5H2,1-3H3,(H,19,22)(H,23,25). The van der Waals surface area contributed by atoms with Crippen molar-refractivity contribution in [1.82, 2.24) is 29.7 Å². The summed E-state index contributed by atoms with van der Waals surface area (Å²) in [5, 5.41) is 3.06. The second kappa shape index (κ2) is 5.37. The third-order valence-electron chi connectivity index (χ3n) is 4.73. The second-order valence-corrected chi connectivity index (χ2v) is 7.10. The van der Waals surface area contributed by atoms with Crippen molar-refractivity contribution in [1.29, 1.82) is 0 Å². The molecule has 0 saturated heterocycles. The van der Waals surface area contributed by atoms with E-state index in [4.69, 9.17) is 0 Å². The SMILES string of the molecule is Cc1cc(-c2ncc(F)[nH]2)nc2c(C(=O)NC(C)(C)C3CC3)ncn12. The Kier molecular flexibility index (Phi) is 3.38. The molecule has 0 atom stereocenters. The summed E-state index contributed by atoms with van der Waals surface area (Å²) in [5.41, 5.74) is 1.69. The van der Waals surface area contributed by atoms with Crippen LogP contribution in [0.25, 0.3) is 17.2 Å². The maximum atomic E-state index is 13.2. The maximum Gasteiger partial charge on any atom is 0.274 e. The molecule has 3 heterocycles. The number of aryl methyl sites for hydroxylation is 1. The van der Waals surface area contributed by atoms with E-state index in [0.717, 1.165) is 24.7 Å². The van der Waals surface area contributed by atoms with Crippen LogP contribution >= 0.6 is 0 Å². The van der Waals surface area contributed by atoms with Gasteiger partial charge < -0.3 is 10.3 Å². The van der Waals surface area contributed by atoms with Gasteiger partial charge in [-0.25, -0.2) is 15.0 Å². The van der Waals surface area contributed by atoms with Gasteiger partial charge in [0.2, 0.25) is 5.95 Å². The zero-order valence-corrected chi connectivity index (χ0v) is 14.3. The quantitative estimate of drug-likeness (QED) is 0.762. The van der Waals surface area contributed by atoms with Gasteiger partial charge in [-0.15, -0.1) is 0 Å². The Morgan fingerprint density at radius 2 is 2.16 bits per heavy atom. The van der Waals surface area contributed by atoms with Crippen LogP contribution in [0.5, 0.6) is 0 Å². The van der Waals surface area contributed by atoms with Crippen LogP contribution in [0, 0.1) is 18.8 Å². The van der Waals surface area contributed by atoms with Crippen LogP contribution in [-0.2, 0) is 0 Å². The lowest BCUT2D eigenvalue weighted by atomic mass is 9.98. The fraction of sp³-hybridized carbons (Fsp3) is 0.412. The predicted molar refractivity (Wildman–Crippen MR) is 89.5 cm³/mol. The number of carbonyl (C=O) groups is 1. The molecule has 3 aromatic rings. The van der Waals surface area contributed by atoms with E-state index in [0.29, 0.717) is 23.1 Å². The molecule has 1 amide bonds. The molecule has 7 nitrogen and oxygen atoms in total. The highest BCUT2D eigenvalue weighted by Gasteiger charge is 2.39. The van der Waals surface area contributed by atoms with Crippen LogP contribution in [-0.4, -0.2) is 35.8 Å². The average molecular weight is 342 g/mol. The van der Waals surface area contributed by atoms with Gasteiger partial charge in [-0.1, -0.05) is 0 Å². The Morgan fingerprint density at radius 3 is 2.80 bits per heavy atom. The number of rotatable bonds is 4. The van der Waals surface area contributed by atoms with Gasteiger partial charge in [0.05, 0.1) is 6.20 Å². The van der Waals surface area contributed by atoms with Crippen molar-refractivity contribution in [3.63, 3.8) is 0 Å². The average Bonchev–Trinajstić information content (AvgIpc) is 3.19. The van der Waals surface area contributed by atoms with Crippen LogP contribution < -0.4 is 5.32 Å². The lowest BCUT2D eigenvalue weighted by Gasteiger charge is -2.25. The highest BCUT2D eigenvalue weighted by atomic mass is 19.1. The smallest absolute Gasteiger partial charge is 0.274 e. The van der Waals surface area contributed by atoms with E-state index >= 15 is 0 Å². The van der Waals surface area contributed by atoms with Crippen molar-refractivity contribution in [3.8, 4) is 11.5 Å². The first-order valence-electron chi connectivity index (χ1n) is 8.23. The van der Waals surface area contributed by atoms with Gasteiger partial charge in [-0.05, 0) is 45.6 Å². The minimum absolute atomic E-state index is 0.255. The number of halogens is 1. The van der Waals surface area contributed by atoms with Gasteiger partial charge in [0.25, 0.3) is 5.91 Å². The third kappa shape index (κ3) is 2.77. The van der Waals surface area contributed by atoms with E-state index in [1.165, 1.54) is 0 Å². The maximum absolute atomic E-state index is 13.2. The number of hydrogen-bond donors (Lipinski definition) is 2. The summed E-state index contributed by atoms with van der Waals surface area (Å²) in [7, 11) is 0. The predicted octanol–water partition coefficient (Wildman–Crippen LogP) is 2.49. The zero-order valence-electron chi connectivity index (χ0n) is 14.3. The van der Waals surface area contributed by atoms with Crippen LogP contribution in [0.3, 0.4) is 0 Å². The fourth-order valence-corrected chi connectivity index (χ4v) is 3.09. The minimum atomic E-state index is -0.535. The van der Waals surface area contributed by atoms with Crippen molar-refractivity contribution in [3.05, 3.63) is 35.9 Å². The van der Waals surface area contributed by atoms with Gasteiger partial charge in [-0.3, -0.25) is 9.20 Å². The van der Waals surface area contributed by atoms with Crippen LogP contribution in [0.2, 0.25) is 0 Å². The molecule has 3 aromatic heterocycles. The number of H-pyrrole nitrogens is 1. The molecule has 0 aromatic carbocycles. The summed E-state index contributed by atoms with van der Waals surface area (Å²) >= 11 is 0. The van der Waals surface area contributed by atoms with E-state index in [2.05, 4.69) is 25.3 Å². The topological polar surface area (TPSA) is 88.0 Å². The lowest BCUT2D eigenvalue weighted by Crippen LogP contribution is -2.45. The number of fused-ring (bicyclic) bond motifs is 1. The van der Waals surface area contributed by atoms with Crippen molar-refractivity contribution in [2.24, 2.45) is 5.92 Å². The van der Waals surface area contributed by atoms with Gasteiger partial charge in [0.1, 0.15) is 12.0 Å². The Morgan fingerprint density at radius 1 is 1.40 bits per heavy atom. The molecule has 0 radical (unpaired) electrons. The van der Waals surface area contributed by atoms with Crippen molar-refractivity contribution in [2.75, 3.05) is 0 Å². The van der Waals surface area contributed by atoms with Gasteiger partial charge in [0.15, 0.2) is 17.2 Å². The third-order valence-corrected chi connectivity index (χ3v) is 4.73. The lowest BCUT2D eigenvalue weighted by molar-refractivity contribution is 0.0900. The summed E-state index contributed by atoms with van der Waals surface area (Å²) in [6, 6.07) is 1.77. The molecule has 0 unspecified atom stereocenters. The number of amides is 1. The van der Waals surface area contributed by atoms with E-state index in [9.17, 15) is 9.18 Å². The number of nitrogens with one attached hydrogen (secondary N) is 2.